The van der Waals surface area contributed by atoms with Gasteiger partial charge in [0.15, 0.2) is 16.7 Å². The lowest BCUT2D eigenvalue weighted by Gasteiger charge is -2.04. The number of carbonyl (C=O) groups excluding carboxylic acids is 1. The number of hydrogen-bond acceptors (Lipinski definition) is 5. The third kappa shape index (κ3) is 2.63. The quantitative estimate of drug-likeness (QED) is 0.557. The molecule has 2 heterocycles. The molecule has 3 aromatic rings. The number of nitrogen functional groups attached to an aromatic ring is 1. The minimum atomic E-state index is -0.499. The number of nitrogens with zero attached hydrogens (tertiary/aromatic N) is 2. The Morgan fingerprint density at radius 1 is 1.24 bits per heavy atom. The van der Waals surface area contributed by atoms with Crippen molar-refractivity contribution in [2.75, 3.05) is 11.1 Å². The molecule has 0 aliphatic rings. The van der Waals surface area contributed by atoms with E-state index in [0.717, 1.165) is 5.39 Å². The minimum absolute atomic E-state index is 0.0550. The maximum absolute atomic E-state index is 12.1. The molecule has 8 heteroatoms. The first kappa shape index (κ1) is 13.7. The lowest BCUT2D eigenvalue weighted by Crippen LogP contribution is -2.12. The molecule has 0 saturated carbocycles. The van der Waals surface area contributed by atoms with E-state index in [4.69, 9.17) is 33.4 Å². The van der Waals surface area contributed by atoms with Gasteiger partial charge in [-0.05, 0) is 24.3 Å². The van der Waals surface area contributed by atoms with Crippen LogP contribution in [0.5, 0.6) is 0 Å². The number of carbonyl (C=O) groups is 1. The molecule has 6 nitrogen and oxygen atoms in total. The Morgan fingerprint density at radius 3 is 2.86 bits per heavy atom. The molecule has 2 aromatic heterocycles. The smallest absolute Gasteiger partial charge is 0.292 e. The maximum atomic E-state index is 12.1. The number of nitrogens with two attached hydrogens (primary N) is 1. The molecule has 0 unspecified atom stereocenters. The Morgan fingerprint density at radius 2 is 2.05 bits per heavy atom. The van der Waals surface area contributed by atoms with Gasteiger partial charge in [-0.1, -0.05) is 23.2 Å². The van der Waals surface area contributed by atoms with Crippen molar-refractivity contribution in [2.24, 2.45) is 0 Å². The summed E-state index contributed by atoms with van der Waals surface area (Å²) in [5.74, 6) is -0.274. The van der Waals surface area contributed by atoms with E-state index in [-0.39, 0.29) is 21.8 Å². The van der Waals surface area contributed by atoms with Gasteiger partial charge in [-0.2, -0.15) is 0 Å². The van der Waals surface area contributed by atoms with Gasteiger partial charge in [-0.3, -0.25) is 4.79 Å². The van der Waals surface area contributed by atoms with Gasteiger partial charge in [0, 0.05) is 11.1 Å². The molecule has 0 radical (unpaired) electrons. The van der Waals surface area contributed by atoms with Crippen molar-refractivity contribution in [1.82, 2.24) is 9.97 Å². The van der Waals surface area contributed by atoms with Crippen LogP contribution in [0.25, 0.3) is 11.0 Å². The maximum Gasteiger partial charge on any atom is 0.292 e. The molecule has 0 atom stereocenters. The highest BCUT2D eigenvalue weighted by molar-refractivity contribution is 6.43. The van der Waals surface area contributed by atoms with Gasteiger partial charge in [0.25, 0.3) is 5.91 Å². The van der Waals surface area contributed by atoms with Crippen molar-refractivity contribution < 1.29 is 9.21 Å². The van der Waals surface area contributed by atoms with Crippen molar-refractivity contribution in [1.29, 1.82) is 0 Å². The number of aromatic nitrogens is 2. The summed E-state index contributed by atoms with van der Waals surface area (Å²) in [6.07, 6.45) is 1.20. The van der Waals surface area contributed by atoms with Gasteiger partial charge in [0.05, 0.1) is 0 Å². The van der Waals surface area contributed by atoms with Crippen LogP contribution in [0.4, 0.5) is 11.5 Å². The highest BCUT2D eigenvalue weighted by Gasteiger charge is 2.16. The highest BCUT2D eigenvalue weighted by Crippen LogP contribution is 2.27. The number of halogens is 2. The van der Waals surface area contributed by atoms with Crippen LogP contribution < -0.4 is 11.1 Å². The average Bonchev–Trinajstić information content (AvgIpc) is 2.87. The van der Waals surface area contributed by atoms with Crippen LogP contribution in [0.3, 0.4) is 0 Å². The molecular formula is C13H8Cl2N4O2. The van der Waals surface area contributed by atoms with Crippen LogP contribution in [0.2, 0.25) is 10.2 Å². The van der Waals surface area contributed by atoms with Crippen LogP contribution in [0, 0.1) is 0 Å². The molecule has 1 aromatic carbocycles. The largest absolute Gasteiger partial charge is 0.451 e. The van der Waals surface area contributed by atoms with Crippen molar-refractivity contribution in [2.45, 2.75) is 0 Å². The van der Waals surface area contributed by atoms with E-state index in [1.54, 1.807) is 24.3 Å². The highest BCUT2D eigenvalue weighted by atomic mass is 35.5. The van der Waals surface area contributed by atoms with E-state index >= 15 is 0 Å². The first-order chi connectivity index (χ1) is 10.0. The standard InChI is InChI=1S/C13H8Cl2N4O2/c14-10-11(15)17-5-18-12(10)19-13(20)9-4-6-3-7(16)1-2-8(6)21-9/h1-5H,16H2,(H,17,18,19,20). The molecule has 106 valence electrons. The second-order valence-electron chi connectivity index (χ2n) is 4.19. The first-order valence-electron chi connectivity index (χ1n) is 5.81. The van der Waals surface area contributed by atoms with Crippen LogP contribution in [-0.4, -0.2) is 15.9 Å². The fourth-order valence-electron chi connectivity index (χ4n) is 1.78. The lowest BCUT2D eigenvalue weighted by atomic mass is 10.2. The number of benzene rings is 1. The number of furan rings is 1. The van der Waals surface area contributed by atoms with E-state index < -0.39 is 5.91 Å². The topological polar surface area (TPSA) is 94.0 Å². The summed E-state index contributed by atoms with van der Waals surface area (Å²) in [5, 5.41) is 3.36. The molecule has 0 spiro atoms. The fraction of sp³-hybridized carbons (Fsp3) is 0. The zero-order chi connectivity index (χ0) is 15.0. The number of nitrogens with one attached hydrogen (secondary N) is 1. The van der Waals surface area contributed by atoms with E-state index in [1.165, 1.54) is 6.33 Å². The monoisotopic (exact) mass is 322 g/mol. The predicted molar refractivity (Wildman–Crippen MR) is 80.6 cm³/mol. The van der Waals surface area contributed by atoms with Gasteiger partial charge < -0.3 is 15.5 Å². The second kappa shape index (κ2) is 5.23. The summed E-state index contributed by atoms with van der Waals surface area (Å²) in [6.45, 7) is 0. The van der Waals surface area contributed by atoms with Crippen molar-refractivity contribution in [3.8, 4) is 0 Å². The Bertz CT molecular complexity index is 847. The fourth-order valence-corrected chi connectivity index (χ4v) is 2.06. The molecule has 0 saturated heterocycles. The van der Waals surface area contributed by atoms with Crippen molar-refractivity contribution in [3.63, 3.8) is 0 Å². The predicted octanol–water partition coefficient (Wildman–Crippen LogP) is 3.36. The van der Waals surface area contributed by atoms with Gasteiger partial charge >= 0.3 is 0 Å². The number of hydrogen-bond donors (Lipinski definition) is 2. The normalized spacial score (nSPS) is 10.8. The summed E-state index contributed by atoms with van der Waals surface area (Å²) in [7, 11) is 0. The SMILES string of the molecule is Nc1ccc2oc(C(=O)Nc3ncnc(Cl)c3Cl)cc2c1. The third-order valence-electron chi connectivity index (χ3n) is 2.74. The summed E-state index contributed by atoms with van der Waals surface area (Å²) < 4.78 is 5.44. The molecule has 3 N–H and O–H groups in total. The van der Waals surface area contributed by atoms with Crippen LogP contribution in [-0.2, 0) is 0 Å². The molecule has 1 amide bonds. The first-order valence-corrected chi connectivity index (χ1v) is 6.56. The Balaban J connectivity index is 1.91. The average molecular weight is 323 g/mol. The molecule has 3 rings (SSSR count). The third-order valence-corrected chi connectivity index (χ3v) is 3.48. The van der Waals surface area contributed by atoms with E-state index in [1.807, 2.05) is 0 Å². The number of fused-ring (bicyclic) bond motifs is 1. The van der Waals surface area contributed by atoms with Crippen LogP contribution in [0.15, 0.2) is 35.0 Å². The second-order valence-corrected chi connectivity index (χ2v) is 4.93. The van der Waals surface area contributed by atoms with E-state index in [9.17, 15) is 4.79 Å². The molecule has 21 heavy (non-hydrogen) atoms. The minimum Gasteiger partial charge on any atom is -0.451 e. The summed E-state index contributed by atoms with van der Waals surface area (Å²) in [6, 6.07) is 6.67. The summed E-state index contributed by atoms with van der Waals surface area (Å²) in [4.78, 5) is 19.7. The van der Waals surface area contributed by atoms with Crippen LogP contribution in [0.1, 0.15) is 10.6 Å². The molecule has 0 aliphatic carbocycles. The van der Waals surface area contributed by atoms with Gasteiger partial charge in [0.1, 0.15) is 16.9 Å². The van der Waals surface area contributed by atoms with Gasteiger partial charge in [0.2, 0.25) is 0 Å². The van der Waals surface area contributed by atoms with Gasteiger partial charge in [-0.25, -0.2) is 9.97 Å². The van der Waals surface area contributed by atoms with E-state index in [2.05, 4.69) is 15.3 Å². The molecular weight excluding hydrogens is 315 g/mol. The molecule has 0 bridgehead atoms. The van der Waals surface area contributed by atoms with Crippen molar-refractivity contribution >= 4 is 51.6 Å². The number of rotatable bonds is 2. The number of anilines is 2. The molecule has 0 fully saturated rings. The Kier molecular flexibility index (Phi) is 3.40. The van der Waals surface area contributed by atoms with E-state index in [0.29, 0.717) is 11.3 Å². The van der Waals surface area contributed by atoms with Crippen LogP contribution >= 0.6 is 23.2 Å². The Labute approximate surface area is 128 Å². The van der Waals surface area contributed by atoms with Gasteiger partial charge in [-0.15, -0.1) is 0 Å². The zero-order valence-corrected chi connectivity index (χ0v) is 11.9. The lowest BCUT2D eigenvalue weighted by molar-refractivity contribution is 0.0998. The Hall–Kier alpha value is -2.31. The van der Waals surface area contributed by atoms with Crippen molar-refractivity contribution in [3.05, 3.63) is 46.5 Å². The zero-order valence-electron chi connectivity index (χ0n) is 10.4. The summed E-state index contributed by atoms with van der Waals surface area (Å²) >= 11 is 11.7. The number of amides is 1. The molecule has 0 aliphatic heterocycles. The summed E-state index contributed by atoms with van der Waals surface area (Å²) in [5.41, 5.74) is 6.82.